The number of ether oxygens (including phenoxy) is 2. The van der Waals surface area contributed by atoms with Crippen LogP contribution in [0.4, 0.5) is 0 Å². The lowest BCUT2D eigenvalue weighted by Gasteiger charge is -2.73. The predicted octanol–water partition coefficient (Wildman–Crippen LogP) is 1.98. The quantitative estimate of drug-likeness (QED) is 0.525. The highest BCUT2D eigenvalue weighted by molar-refractivity contribution is 6.04. The smallest absolute Gasteiger partial charge is 0.302 e. The molecule has 4 saturated carbocycles. The molecule has 4 aliphatic carbocycles. The molecule has 4 bridgehead atoms. The highest BCUT2D eigenvalue weighted by Gasteiger charge is 2.84. The summed E-state index contributed by atoms with van der Waals surface area (Å²) < 4.78 is 11.8. The molecule has 6 rings (SSSR count). The Hall–Kier alpha value is -1.24. The van der Waals surface area contributed by atoms with E-state index in [0.717, 1.165) is 19.3 Å². The van der Waals surface area contributed by atoms with E-state index in [2.05, 4.69) is 20.4 Å². The van der Waals surface area contributed by atoms with Gasteiger partial charge in [0.05, 0.1) is 12.0 Å². The predicted molar refractivity (Wildman–Crippen MR) is 98.8 cm³/mol. The molecule has 2 spiro atoms. The molecule has 28 heavy (non-hydrogen) atoms. The zero-order valence-electron chi connectivity index (χ0n) is 16.9. The van der Waals surface area contributed by atoms with Gasteiger partial charge in [0.2, 0.25) is 5.79 Å². The Morgan fingerprint density at radius 2 is 2.00 bits per heavy atom. The largest absolute Gasteiger partial charge is 0.462 e. The van der Waals surface area contributed by atoms with Crippen LogP contribution < -0.4 is 0 Å². The molecule has 2 heterocycles. The Balaban J connectivity index is 1.77. The van der Waals surface area contributed by atoms with Crippen molar-refractivity contribution in [3.05, 3.63) is 12.2 Å². The average molecular weight is 390 g/mol. The summed E-state index contributed by atoms with van der Waals surface area (Å²) in [6.45, 7) is 9.93. The van der Waals surface area contributed by atoms with Crippen LogP contribution in [0.2, 0.25) is 0 Å². The number of aliphatic hydroxyl groups is 2. The van der Waals surface area contributed by atoms with Crippen molar-refractivity contribution in [3.63, 3.8) is 0 Å². The summed E-state index contributed by atoms with van der Waals surface area (Å²) in [5.41, 5.74) is -1.53. The Morgan fingerprint density at radius 1 is 1.29 bits per heavy atom. The van der Waals surface area contributed by atoms with Gasteiger partial charge in [-0.3, -0.25) is 9.59 Å². The molecule has 2 N–H and O–H groups in total. The van der Waals surface area contributed by atoms with Crippen LogP contribution in [-0.2, 0) is 19.1 Å². The summed E-state index contributed by atoms with van der Waals surface area (Å²) in [7, 11) is 0. The van der Waals surface area contributed by atoms with Crippen molar-refractivity contribution in [2.24, 2.45) is 34.0 Å². The summed E-state index contributed by atoms with van der Waals surface area (Å²) in [6.07, 6.45) is 2.03. The van der Waals surface area contributed by atoms with Crippen LogP contribution in [0.1, 0.15) is 52.9 Å². The van der Waals surface area contributed by atoms with Crippen molar-refractivity contribution in [1.82, 2.24) is 0 Å². The van der Waals surface area contributed by atoms with E-state index in [4.69, 9.17) is 9.47 Å². The van der Waals surface area contributed by atoms with Crippen molar-refractivity contribution >= 4 is 11.8 Å². The molecule has 2 aliphatic heterocycles. The van der Waals surface area contributed by atoms with Crippen molar-refractivity contribution in [2.75, 3.05) is 6.61 Å². The van der Waals surface area contributed by atoms with Crippen molar-refractivity contribution < 1.29 is 29.3 Å². The third-order valence-corrected chi connectivity index (χ3v) is 8.96. The standard InChI is InChI=1S/C22H30O6/c1-11-13-8-14(28-12(2)23)15-20-7-5-6-19(3,4)16(20)18(25)22(26,27-10-20)21(15,9-13)17(11)24/h13-16,18,25-26H,1,5-10H2,2-4H3/t13-,14-,15+,16-,18+,20-,21+,22+/m1/s1. The summed E-state index contributed by atoms with van der Waals surface area (Å²) in [5.74, 6) is -3.29. The van der Waals surface area contributed by atoms with E-state index < -0.39 is 28.8 Å². The number of esters is 1. The van der Waals surface area contributed by atoms with Crippen LogP contribution in [-0.4, -0.2) is 46.6 Å². The normalized spacial score (nSPS) is 53.5. The highest BCUT2D eigenvalue weighted by atomic mass is 16.6. The zero-order chi connectivity index (χ0) is 20.3. The third kappa shape index (κ3) is 1.81. The first-order valence-electron chi connectivity index (χ1n) is 10.5. The first-order chi connectivity index (χ1) is 13.0. The zero-order valence-corrected chi connectivity index (χ0v) is 16.9. The molecule has 0 radical (unpaired) electrons. The number of rotatable bonds is 1. The number of ketones is 1. The Morgan fingerprint density at radius 3 is 2.68 bits per heavy atom. The SMILES string of the molecule is C=C1C(=O)[C@]23C[C@H]1C[C@@H](OC(C)=O)[C@H]2[C@]12CCCC(C)(C)[C@H]1[C@H](O)[C@]3(O)OC2. The van der Waals surface area contributed by atoms with E-state index in [1.54, 1.807) is 0 Å². The van der Waals surface area contributed by atoms with Gasteiger partial charge in [-0.2, -0.15) is 0 Å². The molecular formula is C22H30O6. The second-order valence-electron chi connectivity index (χ2n) is 10.6. The van der Waals surface area contributed by atoms with Gasteiger partial charge in [0.15, 0.2) is 5.78 Å². The van der Waals surface area contributed by atoms with E-state index >= 15 is 0 Å². The van der Waals surface area contributed by atoms with Crippen LogP contribution in [0.15, 0.2) is 12.2 Å². The molecule has 6 nitrogen and oxygen atoms in total. The number of Topliss-reactive ketones (excluding diaryl/α,β-unsaturated/α-hetero) is 1. The maximum absolute atomic E-state index is 13.6. The molecule has 6 aliphatic rings. The summed E-state index contributed by atoms with van der Waals surface area (Å²) in [6, 6.07) is 0. The molecule has 0 unspecified atom stereocenters. The number of allylic oxidation sites excluding steroid dienone is 1. The van der Waals surface area contributed by atoms with Crippen molar-refractivity contribution in [3.8, 4) is 0 Å². The molecule has 0 aromatic rings. The maximum atomic E-state index is 13.6. The lowest BCUT2D eigenvalue weighted by Crippen LogP contribution is -2.83. The Labute approximate surface area is 165 Å². The van der Waals surface area contributed by atoms with E-state index in [0.29, 0.717) is 18.4 Å². The van der Waals surface area contributed by atoms with E-state index in [1.165, 1.54) is 6.92 Å². The topological polar surface area (TPSA) is 93.1 Å². The fraction of sp³-hybridized carbons (Fsp3) is 0.818. The average Bonchev–Trinajstić information content (AvgIpc) is 2.78. The van der Waals surface area contributed by atoms with Crippen molar-refractivity contribution in [1.29, 1.82) is 0 Å². The van der Waals surface area contributed by atoms with Gasteiger partial charge in [-0.1, -0.05) is 26.8 Å². The molecule has 2 saturated heterocycles. The monoisotopic (exact) mass is 390 g/mol. The van der Waals surface area contributed by atoms with Crippen molar-refractivity contribution in [2.45, 2.75) is 70.9 Å². The van der Waals surface area contributed by atoms with Crippen LogP contribution in [0, 0.1) is 34.0 Å². The van der Waals surface area contributed by atoms with Gasteiger partial charge in [-0.05, 0) is 42.6 Å². The van der Waals surface area contributed by atoms with Gasteiger partial charge >= 0.3 is 5.97 Å². The second-order valence-corrected chi connectivity index (χ2v) is 10.6. The second kappa shape index (κ2) is 5.27. The number of carbonyl (C=O) groups is 2. The lowest BCUT2D eigenvalue weighted by atomic mass is 9.36. The minimum absolute atomic E-state index is 0.154. The summed E-state index contributed by atoms with van der Waals surface area (Å²) in [4.78, 5) is 25.5. The van der Waals surface area contributed by atoms with Crippen LogP contribution in [0.5, 0.6) is 0 Å². The van der Waals surface area contributed by atoms with Gasteiger partial charge in [0.1, 0.15) is 12.2 Å². The Kier molecular flexibility index (Phi) is 3.53. The van der Waals surface area contributed by atoms with E-state index in [1.807, 2.05) is 0 Å². The number of aliphatic hydroxyl groups excluding tert-OH is 1. The van der Waals surface area contributed by atoms with Gasteiger partial charge in [-0.15, -0.1) is 0 Å². The maximum Gasteiger partial charge on any atom is 0.302 e. The number of carbonyl (C=O) groups excluding carboxylic acids is 2. The summed E-state index contributed by atoms with van der Waals surface area (Å²) >= 11 is 0. The minimum atomic E-state index is -1.97. The van der Waals surface area contributed by atoms with Crippen LogP contribution in [0.25, 0.3) is 0 Å². The van der Waals surface area contributed by atoms with Crippen LogP contribution in [0.3, 0.4) is 0 Å². The number of hydrogen-bond donors (Lipinski definition) is 2. The fourth-order valence-corrected chi connectivity index (χ4v) is 8.28. The molecule has 8 atom stereocenters. The molecule has 154 valence electrons. The number of fused-ring (bicyclic) bond motifs is 2. The molecule has 0 aromatic carbocycles. The first-order valence-corrected chi connectivity index (χ1v) is 10.5. The fourth-order valence-electron chi connectivity index (χ4n) is 8.28. The minimum Gasteiger partial charge on any atom is -0.462 e. The molecule has 0 amide bonds. The van der Waals surface area contributed by atoms with Crippen LogP contribution >= 0.6 is 0 Å². The van der Waals surface area contributed by atoms with Gasteiger partial charge < -0.3 is 19.7 Å². The van der Waals surface area contributed by atoms with Gasteiger partial charge in [-0.25, -0.2) is 0 Å². The van der Waals surface area contributed by atoms with E-state index in [-0.39, 0.29) is 41.5 Å². The first kappa shape index (κ1) is 18.8. The highest BCUT2D eigenvalue weighted by Crippen LogP contribution is 2.76. The molecular weight excluding hydrogens is 360 g/mol. The third-order valence-electron chi connectivity index (χ3n) is 8.96. The number of hydrogen-bond acceptors (Lipinski definition) is 6. The molecule has 6 heteroatoms. The van der Waals surface area contributed by atoms with Gasteiger partial charge in [0, 0.05) is 24.2 Å². The van der Waals surface area contributed by atoms with Gasteiger partial charge in [0.25, 0.3) is 0 Å². The summed E-state index contributed by atoms with van der Waals surface area (Å²) in [5, 5.41) is 23.2. The molecule has 6 fully saturated rings. The lowest BCUT2D eigenvalue weighted by molar-refractivity contribution is -0.445. The Bertz CT molecular complexity index is 788. The van der Waals surface area contributed by atoms with E-state index in [9.17, 15) is 19.8 Å². The molecule has 0 aromatic heterocycles.